The van der Waals surface area contributed by atoms with E-state index in [1.807, 2.05) is 20.8 Å². The Hall–Kier alpha value is 0.0169. The van der Waals surface area contributed by atoms with Crippen molar-refractivity contribution in [3.8, 4) is 0 Å². The van der Waals surface area contributed by atoms with Gasteiger partial charge in [-0.05, 0) is 27.2 Å². The molecule has 0 bridgehead atoms. The molecule has 0 spiro atoms. The summed E-state index contributed by atoms with van der Waals surface area (Å²) in [6.45, 7) is 9.64. The van der Waals surface area contributed by atoms with Crippen LogP contribution >= 0.6 is 0 Å². The zero-order valence-corrected chi connectivity index (χ0v) is 18.5. The number of hydrogen-bond donors (Lipinski definition) is 0. The smallest absolute Gasteiger partial charge is 0.371 e. The second-order valence-electron chi connectivity index (χ2n) is 6.24. The first-order chi connectivity index (χ1) is 12.1. The highest BCUT2D eigenvalue weighted by Gasteiger charge is 2.63. The Labute approximate surface area is 157 Å². The van der Waals surface area contributed by atoms with E-state index < -0.39 is 14.2 Å². The summed E-state index contributed by atoms with van der Waals surface area (Å²) in [6.07, 6.45) is 10.8. The van der Waals surface area contributed by atoms with Crippen LogP contribution in [-0.4, -0.2) is 48.3 Å². The maximum atomic E-state index is 6.02. The molecule has 0 aliphatic heterocycles. The summed E-state index contributed by atoms with van der Waals surface area (Å²) in [7, 11) is 0.214. The number of unbranched alkanes of at least 4 members (excludes halogenated alkanes) is 7. The molecule has 0 rings (SSSR count). The van der Waals surface area contributed by atoms with E-state index in [1.165, 1.54) is 38.5 Å². The Balaban J connectivity index is 4.75. The van der Waals surface area contributed by atoms with Crippen molar-refractivity contribution in [2.45, 2.75) is 90.9 Å². The molecule has 5 nitrogen and oxygen atoms in total. The van der Waals surface area contributed by atoms with Gasteiger partial charge in [-0.15, -0.1) is 0 Å². The molecule has 0 saturated heterocycles. The second-order valence-corrected chi connectivity index (χ2v) is 8.98. The third-order valence-corrected chi connectivity index (χ3v) is 8.09. The summed E-state index contributed by atoms with van der Waals surface area (Å²) >= 11 is 0. The first kappa shape index (κ1) is 25.0. The van der Waals surface area contributed by atoms with Crippen molar-refractivity contribution in [1.29, 1.82) is 0 Å². The molecule has 0 aromatic rings. The first-order valence-corrected chi connectivity index (χ1v) is 11.9. The van der Waals surface area contributed by atoms with Gasteiger partial charge in [-0.25, -0.2) is 0 Å². The predicted octanol–water partition coefficient (Wildman–Crippen LogP) is 5.09. The Morgan fingerprint density at radius 2 is 1.00 bits per heavy atom. The van der Waals surface area contributed by atoms with Crippen LogP contribution in [0, 0.1) is 0 Å². The molecule has 0 aromatic heterocycles. The van der Waals surface area contributed by atoms with Gasteiger partial charge in [0.25, 0.3) is 0 Å². The van der Waals surface area contributed by atoms with Crippen LogP contribution in [0.2, 0.25) is 0 Å². The quantitative estimate of drug-likeness (QED) is 0.189. The van der Waals surface area contributed by atoms with Crippen molar-refractivity contribution in [2.24, 2.45) is 0 Å². The van der Waals surface area contributed by atoms with Crippen LogP contribution in [0.5, 0.6) is 0 Å². The zero-order chi connectivity index (χ0) is 19.0. The number of rotatable bonds is 18. The summed E-state index contributed by atoms with van der Waals surface area (Å²) in [5, 5.41) is 0. The van der Waals surface area contributed by atoms with Crippen molar-refractivity contribution in [2.75, 3.05) is 34.0 Å². The predicted molar refractivity (Wildman–Crippen MR) is 105 cm³/mol. The lowest BCUT2D eigenvalue weighted by atomic mass is 10.1. The van der Waals surface area contributed by atoms with Gasteiger partial charge in [-0.3, -0.25) is 0 Å². The molecule has 0 amide bonds. The van der Waals surface area contributed by atoms with Crippen molar-refractivity contribution in [3.05, 3.63) is 0 Å². The largest absolute Gasteiger partial charge is 0.563 e. The van der Waals surface area contributed by atoms with Crippen LogP contribution in [0.3, 0.4) is 0 Å². The molecule has 0 aromatic carbocycles. The maximum Gasteiger partial charge on any atom is 0.563 e. The number of ether oxygens (including phenoxy) is 2. The van der Waals surface area contributed by atoms with Crippen LogP contribution in [0.25, 0.3) is 0 Å². The molecule has 0 fully saturated rings. The van der Waals surface area contributed by atoms with Gasteiger partial charge < -0.3 is 22.8 Å². The lowest BCUT2D eigenvalue weighted by Crippen LogP contribution is -2.67. The Bertz CT molecular complexity index is 281. The fourth-order valence-electron chi connectivity index (χ4n) is 3.21. The maximum absolute atomic E-state index is 6.02. The van der Waals surface area contributed by atoms with Gasteiger partial charge in [0.15, 0.2) is 0 Å². The molecule has 0 heterocycles. The minimum Gasteiger partial charge on any atom is -0.371 e. The van der Waals surface area contributed by atoms with Crippen molar-refractivity contribution in [1.82, 2.24) is 0 Å². The van der Waals surface area contributed by atoms with E-state index in [2.05, 4.69) is 6.92 Å². The second kappa shape index (κ2) is 15.1. The molecule has 0 radical (unpaired) electrons. The molecular formula is C19H42O5Si. The van der Waals surface area contributed by atoms with Gasteiger partial charge >= 0.3 is 8.80 Å². The normalized spacial score (nSPS) is 12.7. The Kier molecular flexibility index (Phi) is 15.1. The van der Waals surface area contributed by atoms with E-state index in [4.69, 9.17) is 22.8 Å². The van der Waals surface area contributed by atoms with Gasteiger partial charge in [0, 0.05) is 40.5 Å². The topological polar surface area (TPSA) is 46.2 Å². The van der Waals surface area contributed by atoms with E-state index in [0.29, 0.717) is 19.8 Å². The summed E-state index contributed by atoms with van der Waals surface area (Å²) < 4.78 is 29.7. The van der Waals surface area contributed by atoms with Gasteiger partial charge in [-0.1, -0.05) is 51.9 Å². The molecule has 25 heavy (non-hydrogen) atoms. The third-order valence-electron chi connectivity index (χ3n) is 4.49. The molecule has 6 heteroatoms. The summed E-state index contributed by atoms with van der Waals surface area (Å²) in [5.41, 5.74) is -0.933. The van der Waals surface area contributed by atoms with Crippen molar-refractivity contribution < 1.29 is 22.8 Å². The standard InChI is InChI=1S/C19H42O5Si/c1-7-11-12-13-14-15-16-17-18-19(20-5,21-6)25(22-8-2,23-9-3)24-10-4/h7-18H2,1-6H3. The van der Waals surface area contributed by atoms with Crippen LogP contribution in [-0.2, 0) is 22.8 Å². The fraction of sp³-hybridized carbons (Fsp3) is 1.00. The van der Waals surface area contributed by atoms with Gasteiger partial charge in [0.2, 0.25) is 5.41 Å². The van der Waals surface area contributed by atoms with Crippen LogP contribution < -0.4 is 0 Å². The molecule has 152 valence electrons. The monoisotopic (exact) mass is 378 g/mol. The molecule has 0 aliphatic carbocycles. The van der Waals surface area contributed by atoms with Crippen LogP contribution in [0.4, 0.5) is 0 Å². The SMILES string of the molecule is CCCCCCCCCCC(OC)(OC)[Si](OCC)(OCC)OCC. The highest BCUT2D eigenvalue weighted by Crippen LogP contribution is 2.34. The van der Waals surface area contributed by atoms with Gasteiger partial charge in [-0.2, -0.15) is 0 Å². The average Bonchev–Trinajstić information content (AvgIpc) is 2.61. The summed E-state index contributed by atoms with van der Waals surface area (Å²) in [5.74, 6) is 0. The number of methoxy groups -OCH3 is 2. The molecule has 0 atom stereocenters. The Morgan fingerprint density at radius 3 is 1.36 bits per heavy atom. The van der Waals surface area contributed by atoms with E-state index in [0.717, 1.165) is 19.3 Å². The van der Waals surface area contributed by atoms with Crippen molar-refractivity contribution >= 4 is 8.80 Å². The number of hydrogen-bond acceptors (Lipinski definition) is 5. The third kappa shape index (κ3) is 8.06. The van der Waals surface area contributed by atoms with E-state index >= 15 is 0 Å². The minimum absolute atomic E-state index is 0.512. The van der Waals surface area contributed by atoms with Gasteiger partial charge in [0.05, 0.1) is 0 Å². The van der Waals surface area contributed by atoms with Crippen LogP contribution in [0.15, 0.2) is 0 Å². The summed E-state index contributed by atoms with van der Waals surface area (Å²) in [4.78, 5) is 0. The zero-order valence-electron chi connectivity index (χ0n) is 17.5. The van der Waals surface area contributed by atoms with Gasteiger partial charge in [0.1, 0.15) is 0 Å². The highest BCUT2D eigenvalue weighted by atomic mass is 28.4. The van der Waals surface area contributed by atoms with E-state index in [9.17, 15) is 0 Å². The summed E-state index contributed by atoms with van der Waals surface area (Å²) in [6, 6.07) is 0. The molecule has 0 aliphatic rings. The lowest BCUT2D eigenvalue weighted by Gasteiger charge is -2.42. The molecule has 0 saturated carbocycles. The minimum atomic E-state index is -3.11. The first-order valence-electron chi connectivity index (χ1n) is 10.1. The molecule has 0 N–H and O–H groups in total. The van der Waals surface area contributed by atoms with Crippen LogP contribution in [0.1, 0.15) is 85.5 Å². The molecule has 0 unspecified atom stereocenters. The average molecular weight is 379 g/mol. The fourth-order valence-corrected chi connectivity index (χ4v) is 6.24. The van der Waals surface area contributed by atoms with E-state index in [-0.39, 0.29) is 0 Å². The molecular weight excluding hydrogens is 336 g/mol. The van der Waals surface area contributed by atoms with E-state index in [1.54, 1.807) is 14.2 Å². The lowest BCUT2D eigenvalue weighted by molar-refractivity contribution is -0.201. The van der Waals surface area contributed by atoms with Crippen molar-refractivity contribution in [3.63, 3.8) is 0 Å². The Morgan fingerprint density at radius 1 is 0.600 bits per heavy atom. The highest BCUT2D eigenvalue weighted by molar-refractivity contribution is 6.63.